The second-order valence-corrected chi connectivity index (χ2v) is 3.69. The summed E-state index contributed by atoms with van der Waals surface area (Å²) >= 11 is 0. The van der Waals surface area contributed by atoms with E-state index in [-0.39, 0.29) is 18.2 Å². The predicted molar refractivity (Wildman–Crippen MR) is 68.8 cm³/mol. The number of nitrogens with zero attached hydrogens (tertiary/aromatic N) is 2. The molecule has 0 unspecified atom stereocenters. The molecule has 5 nitrogen and oxygen atoms in total. The highest BCUT2D eigenvalue weighted by atomic mass is 16.1. The summed E-state index contributed by atoms with van der Waals surface area (Å²) in [5.41, 5.74) is 1.08. The number of amidine groups is 1. The van der Waals surface area contributed by atoms with E-state index >= 15 is 0 Å². The molecule has 0 radical (unpaired) electrons. The summed E-state index contributed by atoms with van der Waals surface area (Å²) in [6, 6.07) is 8.47. The van der Waals surface area contributed by atoms with Gasteiger partial charge in [-0.2, -0.15) is 5.26 Å². The zero-order valence-electron chi connectivity index (χ0n) is 10.1. The van der Waals surface area contributed by atoms with Gasteiger partial charge in [0, 0.05) is 12.0 Å². The molecule has 0 atom stereocenters. The summed E-state index contributed by atoms with van der Waals surface area (Å²) in [4.78, 5) is 12.6. The quantitative estimate of drug-likeness (QED) is 0.608. The number of Topliss-reactive ketones (excluding diaryl/α,β-unsaturated/α-hetero) is 1. The Morgan fingerprint density at radius 2 is 2.06 bits per heavy atom. The van der Waals surface area contributed by atoms with Crippen LogP contribution in [0.15, 0.2) is 24.3 Å². The van der Waals surface area contributed by atoms with Crippen molar-refractivity contribution in [3.63, 3.8) is 0 Å². The van der Waals surface area contributed by atoms with E-state index in [1.165, 1.54) is 4.90 Å². The summed E-state index contributed by atoms with van der Waals surface area (Å²) in [6.45, 7) is 1.77. The normalized spacial score (nSPS) is 9.33. The Labute approximate surface area is 106 Å². The fraction of sp³-hybridized carbons (Fsp3) is 0.231. The highest BCUT2D eigenvalue weighted by Gasteiger charge is 2.12. The van der Waals surface area contributed by atoms with E-state index in [1.54, 1.807) is 31.2 Å². The second kappa shape index (κ2) is 6.30. The van der Waals surface area contributed by atoms with Crippen LogP contribution < -0.4 is 0 Å². The lowest BCUT2D eigenvalue weighted by Crippen LogP contribution is -2.34. The molecule has 0 spiro atoms. The molecule has 1 aromatic rings. The van der Waals surface area contributed by atoms with Gasteiger partial charge in [0.05, 0.1) is 24.5 Å². The molecule has 1 aromatic carbocycles. The number of rotatable bonds is 5. The Balaban J connectivity index is 2.86. The lowest BCUT2D eigenvalue weighted by molar-refractivity contribution is -0.118. The van der Waals surface area contributed by atoms with E-state index < -0.39 is 0 Å². The van der Waals surface area contributed by atoms with Crippen molar-refractivity contribution in [1.29, 1.82) is 16.1 Å². The molecule has 1 rings (SSSR count). The van der Waals surface area contributed by atoms with E-state index in [2.05, 4.69) is 0 Å². The van der Waals surface area contributed by atoms with Gasteiger partial charge in [-0.3, -0.25) is 15.6 Å². The van der Waals surface area contributed by atoms with Gasteiger partial charge in [0.2, 0.25) is 0 Å². The average molecular weight is 242 g/mol. The van der Waals surface area contributed by atoms with Crippen LogP contribution in [-0.2, 0) is 4.79 Å². The zero-order chi connectivity index (χ0) is 13.5. The van der Waals surface area contributed by atoms with Gasteiger partial charge in [-0.25, -0.2) is 0 Å². The SMILES string of the molecule is CCC(=O)CN(C=N)C(=N)c1ccc(C#N)cc1. The smallest absolute Gasteiger partial charge is 0.152 e. The third-order valence-corrected chi connectivity index (χ3v) is 2.47. The average Bonchev–Trinajstić information content (AvgIpc) is 2.43. The maximum absolute atomic E-state index is 11.3. The minimum Gasteiger partial charge on any atom is -0.310 e. The number of ketones is 1. The molecule has 0 aromatic heterocycles. The number of nitrogens with one attached hydrogen (secondary N) is 2. The number of hydrogen-bond donors (Lipinski definition) is 2. The predicted octanol–water partition coefficient (Wildman–Crippen LogP) is 1.77. The molecule has 0 aliphatic heterocycles. The minimum atomic E-state index is -0.0307. The molecule has 0 fully saturated rings. The minimum absolute atomic E-state index is 0.0266. The molecule has 0 heterocycles. The summed E-state index contributed by atoms with van der Waals surface area (Å²) in [7, 11) is 0. The fourth-order valence-corrected chi connectivity index (χ4v) is 1.36. The van der Waals surface area contributed by atoms with Crippen molar-refractivity contribution in [2.45, 2.75) is 13.3 Å². The second-order valence-electron chi connectivity index (χ2n) is 3.69. The van der Waals surface area contributed by atoms with Crippen molar-refractivity contribution in [2.24, 2.45) is 0 Å². The van der Waals surface area contributed by atoms with E-state index in [1.807, 2.05) is 6.07 Å². The lowest BCUT2D eigenvalue weighted by atomic mass is 10.1. The van der Waals surface area contributed by atoms with Crippen LogP contribution in [-0.4, -0.2) is 29.4 Å². The van der Waals surface area contributed by atoms with Gasteiger partial charge in [0.25, 0.3) is 0 Å². The summed E-state index contributed by atoms with van der Waals surface area (Å²) < 4.78 is 0. The standard InChI is InChI=1S/C13H14N4O/c1-2-12(18)8-17(9-15)13(16)11-5-3-10(7-14)4-6-11/h3-6,9,15-16H,2,8H2,1H3. The van der Waals surface area contributed by atoms with E-state index in [9.17, 15) is 4.79 Å². The van der Waals surface area contributed by atoms with Crippen molar-refractivity contribution < 1.29 is 4.79 Å². The van der Waals surface area contributed by atoms with Crippen LogP contribution in [0, 0.1) is 22.1 Å². The Morgan fingerprint density at radius 3 is 2.50 bits per heavy atom. The first-order valence-electron chi connectivity index (χ1n) is 5.50. The van der Waals surface area contributed by atoms with Gasteiger partial charge in [-0.1, -0.05) is 6.92 Å². The van der Waals surface area contributed by atoms with Crippen LogP contribution in [0.4, 0.5) is 0 Å². The zero-order valence-corrected chi connectivity index (χ0v) is 10.1. The molecule has 0 amide bonds. The van der Waals surface area contributed by atoms with Crippen molar-refractivity contribution in [3.8, 4) is 6.07 Å². The summed E-state index contributed by atoms with van der Waals surface area (Å²) in [5, 5.41) is 23.8. The molecule has 18 heavy (non-hydrogen) atoms. The van der Waals surface area contributed by atoms with E-state index in [4.69, 9.17) is 16.1 Å². The van der Waals surface area contributed by atoms with Crippen LogP contribution in [0.2, 0.25) is 0 Å². The Bertz CT molecular complexity index is 499. The molecule has 0 saturated heterocycles. The fourth-order valence-electron chi connectivity index (χ4n) is 1.36. The highest BCUT2D eigenvalue weighted by Crippen LogP contribution is 2.06. The third-order valence-electron chi connectivity index (χ3n) is 2.47. The van der Waals surface area contributed by atoms with Crippen LogP contribution in [0.25, 0.3) is 0 Å². The third kappa shape index (κ3) is 3.25. The molecule has 0 aliphatic carbocycles. The molecule has 0 bridgehead atoms. The summed E-state index contributed by atoms with van der Waals surface area (Å²) in [6.07, 6.45) is 1.35. The van der Waals surface area contributed by atoms with Crippen LogP contribution >= 0.6 is 0 Å². The number of carbonyl (C=O) groups is 1. The molecular weight excluding hydrogens is 228 g/mol. The number of carbonyl (C=O) groups excluding carboxylic acids is 1. The monoisotopic (exact) mass is 242 g/mol. The van der Waals surface area contributed by atoms with Crippen LogP contribution in [0.5, 0.6) is 0 Å². The van der Waals surface area contributed by atoms with Crippen molar-refractivity contribution >= 4 is 18.0 Å². The molecular formula is C13H14N4O. The molecule has 0 aliphatic rings. The molecule has 92 valence electrons. The Hall–Kier alpha value is -2.48. The van der Waals surface area contributed by atoms with E-state index in [0.717, 1.165) is 6.34 Å². The summed E-state index contributed by atoms with van der Waals surface area (Å²) in [5.74, 6) is 0.0492. The first kappa shape index (κ1) is 13.6. The van der Waals surface area contributed by atoms with Gasteiger partial charge in [0.1, 0.15) is 5.84 Å². The van der Waals surface area contributed by atoms with Crippen molar-refractivity contribution in [1.82, 2.24) is 4.90 Å². The number of benzene rings is 1. The Kier molecular flexibility index (Phi) is 4.76. The van der Waals surface area contributed by atoms with Gasteiger partial charge < -0.3 is 4.90 Å². The maximum Gasteiger partial charge on any atom is 0.152 e. The van der Waals surface area contributed by atoms with E-state index in [0.29, 0.717) is 17.5 Å². The first-order chi connectivity index (χ1) is 8.62. The van der Waals surface area contributed by atoms with Crippen molar-refractivity contribution in [3.05, 3.63) is 35.4 Å². The largest absolute Gasteiger partial charge is 0.310 e. The molecule has 5 heteroatoms. The van der Waals surface area contributed by atoms with Gasteiger partial charge >= 0.3 is 0 Å². The maximum atomic E-state index is 11.3. The highest BCUT2D eigenvalue weighted by molar-refractivity contribution is 6.04. The molecule has 0 saturated carbocycles. The first-order valence-corrected chi connectivity index (χ1v) is 5.50. The van der Waals surface area contributed by atoms with Crippen molar-refractivity contribution in [2.75, 3.05) is 6.54 Å². The Morgan fingerprint density at radius 1 is 1.44 bits per heavy atom. The van der Waals surface area contributed by atoms with Gasteiger partial charge in [0.15, 0.2) is 5.78 Å². The van der Waals surface area contributed by atoms with Crippen LogP contribution in [0.1, 0.15) is 24.5 Å². The molecule has 2 N–H and O–H groups in total. The van der Waals surface area contributed by atoms with Crippen LogP contribution in [0.3, 0.4) is 0 Å². The van der Waals surface area contributed by atoms with Gasteiger partial charge in [-0.15, -0.1) is 0 Å². The number of hydrogen-bond acceptors (Lipinski definition) is 4. The van der Waals surface area contributed by atoms with Gasteiger partial charge in [-0.05, 0) is 24.3 Å². The number of nitriles is 1. The topological polar surface area (TPSA) is 91.8 Å². The lowest BCUT2D eigenvalue weighted by Gasteiger charge is -2.18.